The Balaban J connectivity index is 1.84. The van der Waals surface area contributed by atoms with E-state index in [1.165, 1.54) is 6.42 Å². The van der Waals surface area contributed by atoms with Crippen molar-refractivity contribution in [2.45, 2.75) is 50.4 Å². The summed E-state index contributed by atoms with van der Waals surface area (Å²) < 4.78 is 5.42. The van der Waals surface area contributed by atoms with Gasteiger partial charge in [-0.1, -0.05) is 12.8 Å². The summed E-state index contributed by atoms with van der Waals surface area (Å²) in [6, 6.07) is 0.262. The smallest absolute Gasteiger partial charge is 0.0695 e. The number of hydrogen-bond donors (Lipinski definition) is 2. The number of ether oxygens (including phenoxy) is 1. The van der Waals surface area contributed by atoms with Crippen molar-refractivity contribution in [3.8, 4) is 0 Å². The molecule has 100 valence electrons. The minimum absolute atomic E-state index is 0.197. The van der Waals surface area contributed by atoms with E-state index in [0.717, 1.165) is 32.2 Å². The SMILES string of the molecule is CN(CC1COCCC1O)C1CCCCC1O. The van der Waals surface area contributed by atoms with Gasteiger partial charge in [-0.2, -0.15) is 0 Å². The maximum Gasteiger partial charge on any atom is 0.0695 e. The fourth-order valence-electron chi connectivity index (χ4n) is 3.07. The number of aliphatic hydroxyl groups excluding tert-OH is 2. The quantitative estimate of drug-likeness (QED) is 0.763. The lowest BCUT2D eigenvalue weighted by Crippen LogP contribution is -2.48. The standard InChI is InChI=1S/C13H25NO3/c1-14(11-4-2-3-5-13(11)16)8-10-9-17-7-6-12(10)15/h10-13,15-16H,2-9H2,1H3. The van der Waals surface area contributed by atoms with Gasteiger partial charge in [-0.15, -0.1) is 0 Å². The fourth-order valence-corrected chi connectivity index (χ4v) is 3.07. The van der Waals surface area contributed by atoms with Gasteiger partial charge < -0.3 is 19.8 Å². The van der Waals surface area contributed by atoms with Crippen LogP contribution in [-0.2, 0) is 4.74 Å². The molecule has 4 atom stereocenters. The van der Waals surface area contributed by atoms with E-state index in [1.807, 2.05) is 0 Å². The van der Waals surface area contributed by atoms with Crippen LogP contribution in [0.3, 0.4) is 0 Å². The second-order valence-electron chi connectivity index (χ2n) is 5.55. The lowest BCUT2D eigenvalue weighted by Gasteiger charge is -2.38. The first-order valence-electron chi connectivity index (χ1n) is 6.82. The van der Waals surface area contributed by atoms with Crippen molar-refractivity contribution in [1.82, 2.24) is 4.90 Å². The van der Waals surface area contributed by atoms with Crippen molar-refractivity contribution < 1.29 is 14.9 Å². The van der Waals surface area contributed by atoms with Gasteiger partial charge in [0.1, 0.15) is 0 Å². The topological polar surface area (TPSA) is 52.9 Å². The molecule has 0 radical (unpaired) electrons. The molecule has 0 aromatic rings. The van der Waals surface area contributed by atoms with Crippen molar-refractivity contribution in [2.24, 2.45) is 5.92 Å². The van der Waals surface area contributed by atoms with Gasteiger partial charge in [-0.05, 0) is 26.3 Å². The predicted octanol–water partition coefficient (Wildman–Crippen LogP) is 0.619. The molecule has 4 heteroatoms. The van der Waals surface area contributed by atoms with Crippen molar-refractivity contribution in [3.63, 3.8) is 0 Å². The lowest BCUT2D eigenvalue weighted by atomic mass is 9.90. The normalized spacial score (nSPS) is 39.5. The molecule has 2 rings (SSSR count). The van der Waals surface area contributed by atoms with E-state index in [0.29, 0.717) is 13.2 Å². The fraction of sp³-hybridized carbons (Fsp3) is 1.00. The number of aliphatic hydroxyl groups is 2. The van der Waals surface area contributed by atoms with Gasteiger partial charge >= 0.3 is 0 Å². The highest BCUT2D eigenvalue weighted by Gasteiger charge is 2.31. The zero-order valence-electron chi connectivity index (χ0n) is 10.7. The van der Waals surface area contributed by atoms with Crippen LogP contribution in [-0.4, -0.2) is 60.2 Å². The van der Waals surface area contributed by atoms with E-state index in [-0.39, 0.29) is 24.2 Å². The zero-order valence-corrected chi connectivity index (χ0v) is 10.7. The maximum absolute atomic E-state index is 10.00. The van der Waals surface area contributed by atoms with Gasteiger partial charge in [-0.25, -0.2) is 0 Å². The minimum atomic E-state index is -0.244. The number of nitrogens with zero attached hydrogens (tertiary/aromatic N) is 1. The van der Waals surface area contributed by atoms with Crippen LogP contribution < -0.4 is 0 Å². The Kier molecular flexibility index (Phi) is 4.79. The molecular weight excluding hydrogens is 218 g/mol. The van der Waals surface area contributed by atoms with Gasteiger partial charge in [0.15, 0.2) is 0 Å². The maximum atomic E-state index is 10.00. The minimum Gasteiger partial charge on any atom is -0.393 e. The number of rotatable bonds is 3. The number of hydrogen-bond acceptors (Lipinski definition) is 4. The molecule has 0 spiro atoms. The Morgan fingerprint density at radius 3 is 2.59 bits per heavy atom. The third kappa shape index (κ3) is 3.41. The van der Waals surface area contributed by atoms with E-state index < -0.39 is 0 Å². The summed E-state index contributed by atoms with van der Waals surface area (Å²) in [5, 5.41) is 19.9. The van der Waals surface area contributed by atoms with Crippen molar-refractivity contribution in [3.05, 3.63) is 0 Å². The third-order valence-corrected chi connectivity index (χ3v) is 4.22. The van der Waals surface area contributed by atoms with Crippen LogP contribution in [0.5, 0.6) is 0 Å². The van der Waals surface area contributed by atoms with Gasteiger partial charge in [0, 0.05) is 25.1 Å². The molecule has 4 nitrogen and oxygen atoms in total. The molecule has 1 saturated carbocycles. The van der Waals surface area contributed by atoms with Crippen LogP contribution >= 0.6 is 0 Å². The summed E-state index contributed by atoms with van der Waals surface area (Å²) >= 11 is 0. The molecule has 2 N–H and O–H groups in total. The molecule has 0 amide bonds. The summed E-state index contributed by atoms with van der Waals surface area (Å²) in [5.41, 5.74) is 0. The predicted molar refractivity (Wildman–Crippen MR) is 65.8 cm³/mol. The van der Waals surface area contributed by atoms with Crippen molar-refractivity contribution in [1.29, 1.82) is 0 Å². The van der Waals surface area contributed by atoms with Crippen LogP contribution in [0.2, 0.25) is 0 Å². The molecule has 0 bridgehead atoms. The highest BCUT2D eigenvalue weighted by atomic mass is 16.5. The molecular formula is C13H25NO3. The molecule has 0 aromatic carbocycles. The second kappa shape index (κ2) is 6.14. The molecule has 4 unspecified atom stereocenters. The first kappa shape index (κ1) is 13.3. The molecule has 17 heavy (non-hydrogen) atoms. The summed E-state index contributed by atoms with van der Waals surface area (Å²) in [7, 11) is 2.06. The summed E-state index contributed by atoms with van der Waals surface area (Å²) in [6.45, 7) is 2.14. The highest BCUT2D eigenvalue weighted by Crippen LogP contribution is 2.24. The van der Waals surface area contributed by atoms with E-state index in [4.69, 9.17) is 4.74 Å². The Morgan fingerprint density at radius 2 is 1.88 bits per heavy atom. The van der Waals surface area contributed by atoms with Gasteiger partial charge in [-0.3, -0.25) is 0 Å². The van der Waals surface area contributed by atoms with Crippen molar-refractivity contribution >= 4 is 0 Å². The molecule has 1 saturated heterocycles. The molecule has 0 aromatic heterocycles. The van der Waals surface area contributed by atoms with E-state index in [9.17, 15) is 10.2 Å². The average molecular weight is 243 g/mol. The summed E-state index contributed by atoms with van der Waals surface area (Å²) in [6.07, 6.45) is 4.63. The third-order valence-electron chi connectivity index (χ3n) is 4.22. The van der Waals surface area contributed by atoms with Crippen LogP contribution in [0.4, 0.5) is 0 Å². The first-order chi connectivity index (χ1) is 8.18. The van der Waals surface area contributed by atoms with E-state index in [2.05, 4.69) is 11.9 Å². The average Bonchev–Trinajstić information content (AvgIpc) is 2.32. The Hall–Kier alpha value is -0.160. The summed E-state index contributed by atoms with van der Waals surface area (Å²) in [4.78, 5) is 2.21. The Morgan fingerprint density at radius 1 is 1.12 bits per heavy atom. The highest BCUT2D eigenvalue weighted by molar-refractivity contribution is 4.84. The monoisotopic (exact) mass is 243 g/mol. The zero-order chi connectivity index (χ0) is 12.3. The van der Waals surface area contributed by atoms with Crippen LogP contribution in [0, 0.1) is 5.92 Å². The summed E-state index contributed by atoms with van der Waals surface area (Å²) in [5.74, 6) is 0.197. The van der Waals surface area contributed by atoms with Gasteiger partial charge in [0.05, 0.1) is 18.8 Å². The van der Waals surface area contributed by atoms with Gasteiger partial charge in [0.25, 0.3) is 0 Å². The van der Waals surface area contributed by atoms with Crippen LogP contribution in [0.1, 0.15) is 32.1 Å². The molecule has 1 aliphatic carbocycles. The largest absolute Gasteiger partial charge is 0.393 e. The van der Waals surface area contributed by atoms with Gasteiger partial charge in [0.2, 0.25) is 0 Å². The Bertz CT molecular complexity index is 237. The molecule has 1 aliphatic heterocycles. The van der Waals surface area contributed by atoms with E-state index in [1.54, 1.807) is 0 Å². The first-order valence-corrected chi connectivity index (χ1v) is 6.82. The molecule has 2 aliphatic rings. The van der Waals surface area contributed by atoms with Crippen molar-refractivity contribution in [2.75, 3.05) is 26.8 Å². The van der Waals surface area contributed by atoms with Crippen LogP contribution in [0.15, 0.2) is 0 Å². The van der Waals surface area contributed by atoms with Crippen LogP contribution in [0.25, 0.3) is 0 Å². The molecule has 1 heterocycles. The Labute approximate surface area is 104 Å². The lowest BCUT2D eigenvalue weighted by molar-refractivity contribution is -0.0576. The molecule has 2 fully saturated rings. The second-order valence-corrected chi connectivity index (χ2v) is 5.55. The number of likely N-dealkylation sites (N-methyl/N-ethyl adjacent to an activating group) is 1. The van der Waals surface area contributed by atoms with E-state index >= 15 is 0 Å².